The van der Waals surface area contributed by atoms with Crippen LogP contribution in [-0.2, 0) is 15.7 Å². The highest BCUT2D eigenvalue weighted by Gasteiger charge is 2.57. The number of hydrogen-bond acceptors (Lipinski definition) is 6. The Kier molecular flexibility index (Phi) is 6.52. The van der Waals surface area contributed by atoms with Gasteiger partial charge in [0.2, 0.25) is 16.0 Å². The Balaban J connectivity index is 1.77. The number of alkyl halides is 3. The van der Waals surface area contributed by atoms with Gasteiger partial charge in [-0.15, -0.1) is 0 Å². The Morgan fingerprint density at radius 3 is 2.06 bits per heavy atom. The van der Waals surface area contributed by atoms with Gasteiger partial charge in [0.1, 0.15) is 5.82 Å². The molecule has 4 rings (SSSR count). The fourth-order valence-corrected chi connectivity index (χ4v) is 5.01. The summed E-state index contributed by atoms with van der Waals surface area (Å²) in [6.07, 6.45) is -2.78. The summed E-state index contributed by atoms with van der Waals surface area (Å²) in [7, 11) is -4.98. The number of nitrogen functional groups attached to an aromatic ring is 1. The number of halogens is 4. The predicted octanol–water partition coefficient (Wildman–Crippen LogP) is 4.22. The number of anilines is 1. The minimum Gasteiger partial charge on any atom is -0.368 e. The van der Waals surface area contributed by atoms with Crippen LogP contribution in [-0.4, -0.2) is 29.7 Å². The van der Waals surface area contributed by atoms with Crippen molar-refractivity contribution in [1.82, 2.24) is 14.7 Å². The summed E-state index contributed by atoms with van der Waals surface area (Å²) in [5.74, 6) is -0.756. The van der Waals surface area contributed by atoms with Gasteiger partial charge in [-0.2, -0.15) is 17.9 Å². The molecule has 1 atom stereocenters. The van der Waals surface area contributed by atoms with Crippen molar-refractivity contribution in [3.05, 3.63) is 96.6 Å². The smallest absolute Gasteiger partial charge is 0.368 e. The van der Waals surface area contributed by atoms with E-state index in [4.69, 9.17) is 5.73 Å². The van der Waals surface area contributed by atoms with Crippen molar-refractivity contribution in [2.75, 3.05) is 5.73 Å². The third-order valence-corrected chi connectivity index (χ3v) is 6.82. The van der Waals surface area contributed by atoms with E-state index in [1.54, 1.807) is 0 Å². The van der Waals surface area contributed by atoms with Gasteiger partial charge in [-0.3, -0.25) is 0 Å². The van der Waals surface area contributed by atoms with E-state index < -0.39 is 38.2 Å². The predicted molar refractivity (Wildman–Crippen MR) is 124 cm³/mol. The van der Waals surface area contributed by atoms with Crippen molar-refractivity contribution in [3.8, 4) is 22.3 Å². The van der Waals surface area contributed by atoms with Gasteiger partial charge in [0.15, 0.2) is 0 Å². The van der Waals surface area contributed by atoms with Crippen LogP contribution >= 0.6 is 0 Å². The third kappa shape index (κ3) is 4.78. The highest BCUT2D eigenvalue weighted by molar-refractivity contribution is 7.89. The van der Waals surface area contributed by atoms with Crippen molar-refractivity contribution < 1.29 is 31.1 Å². The molecule has 0 saturated carbocycles. The Labute approximate surface area is 203 Å². The van der Waals surface area contributed by atoms with Crippen LogP contribution in [0.2, 0.25) is 0 Å². The van der Waals surface area contributed by atoms with Crippen LogP contribution in [0.5, 0.6) is 0 Å². The molecule has 0 bridgehead atoms. The molecule has 0 aliphatic carbocycles. The topological polar surface area (TPSA) is 118 Å². The maximum atomic E-state index is 15.0. The fourth-order valence-electron chi connectivity index (χ4n) is 3.54. The van der Waals surface area contributed by atoms with Crippen LogP contribution in [0.1, 0.15) is 5.56 Å². The number of nitrogens with one attached hydrogen (secondary N) is 1. The Morgan fingerprint density at radius 1 is 0.833 bits per heavy atom. The van der Waals surface area contributed by atoms with Crippen LogP contribution in [0.15, 0.2) is 90.1 Å². The SMILES string of the molecule is Nc1ncc(-c2ccc(-c3ccccc3S(=O)(=O)N[C@](O)(c3ccccc3)C(F)(F)F)cc2F)cn1. The molecule has 12 heteroatoms. The summed E-state index contributed by atoms with van der Waals surface area (Å²) in [5, 5.41) is 10.5. The first-order valence-corrected chi connectivity index (χ1v) is 11.8. The molecule has 1 heterocycles. The van der Waals surface area contributed by atoms with Gasteiger partial charge in [0, 0.05) is 34.6 Å². The van der Waals surface area contributed by atoms with Crippen molar-refractivity contribution in [2.24, 2.45) is 0 Å². The number of hydrogen-bond donors (Lipinski definition) is 3. The lowest BCUT2D eigenvalue weighted by Crippen LogP contribution is -2.56. The minimum atomic E-state index is -5.40. The van der Waals surface area contributed by atoms with Gasteiger partial charge in [0.25, 0.3) is 5.72 Å². The Hall–Kier alpha value is -3.87. The standard InChI is InChI=1S/C24H18F4N4O3S/c25-20-12-15(10-11-18(20)16-13-30-22(29)31-14-16)19-8-4-5-9-21(19)36(34,35)32-23(33,24(26,27)28)17-6-2-1-3-7-17/h1-14,32-33H,(H2,29,30,31)/t23-/m0/s1. The van der Waals surface area contributed by atoms with E-state index >= 15 is 0 Å². The second-order valence-corrected chi connectivity index (χ2v) is 9.35. The highest BCUT2D eigenvalue weighted by atomic mass is 32.2. The molecule has 0 aliphatic rings. The molecule has 7 nitrogen and oxygen atoms in total. The third-order valence-electron chi connectivity index (χ3n) is 5.32. The van der Waals surface area contributed by atoms with Gasteiger partial charge in [-0.25, -0.2) is 22.8 Å². The number of aliphatic hydroxyl groups is 1. The quantitative estimate of drug-likeness (QED) is 0.260. The highest BCUT2D eigenvalue weighted by Crippen LogP contribution is 2.39. The first-order valence-electron chi connectivity index (χ1n) is 10.3. The average Bonchev–Trinajstić information content (AvgIpc) is 2.84. The molecule has 4 aromatic rings. The van der Waals surface area contributed by atoms with E-state index in [2.05, 4.69) is 9.97 Å². The van der Waals surface area contributed by atoms with Gasteiger partial charge in [-0.05, 0) is 17.7 Å². The molecule has 36 heavy (non-hydrogen) atoms. The van der Waals surface area contributed by atoms with E-state index in [0.717, 1.165) is 24.3 Å². The summed E-state index contributed by atoms with van der Waals surface area (Å²) >= 11 is 0. The summed E-state index contributed by atoms with van der Waals surface area (Å²) < 4.78 is 84.4. The second kappa shape index (κ2) is 9.30. The van der Waals surface area contributed by atoms with Crippen molar-refractivity contribution >= 4 is 16.0 Å². The van der Waals surface area contributed by atoms with Crippen molar-refractivity contribution in [2.45, 2.75) is 16.8 Å². The monoisotopic (exact) mass is 518 g/mol. The first-order chi connectivity index (χ1) is 16.9. The summed E-state index contributed by atoms with van der Waals surface area (Å²) in [6.45, 7) is 0. The van der Waals surface area contributed by atoms with E-state index in [9.17, 15) is 31.1 Å². The van der Waals surface area contributed by atoms with Gasteiger partial charge < -0.3 is 10.8 Å². The molecule has 0 saturated heterocycles. The fraction of sp³-hybridized carbons (Fsp3) is 0.0833. The van der Waals surface area contributed by atoms with Crippen LogP contribution in [0, 0.1) is 5.82 Å². The number of nitrogens with zero attached hydrogens (tertiary/aromatic N) is 2. The number of sulfonamides is 1. The lowest BCUT2D eigenvalue weighted by atomic mass is 10.0. The zero-order valence-corrected chi connectivity index (χ0v) is 19.1. The summed E-state index contributed by atoms with van der Waals surface area (Å²) in [4.78, 5) is 7.01. The summed E-state index contributed by atoms with van der Waals surface area (Å²) in [5.41, 5.74) is 1.22. The molecule has 4 N–H and O–H groups in total. The Morgan fingerprint density at radius 2 is 1.44 bits per heavy atom. The van der Waals surface area contributed by atoms with Gasteiger partial charge >= 0.3 is 6.18 Å². The average molecular weight is 518 g/mol. The number of rotatable bonds is 6. The second-order valence-electron chi connectivity index (χ2n) is 7.70. The van der Waals surface area contributed by atoms with Crippen LogP contribution < -0.4 is 10.5 Å². The molecule has 0 unspecified atom stereocenters. The molecular weight excluding hydrogens is 500 g/mol. The van der Waals surface area contributed by atoms with E-state index in [1.165, 1.54) is 65.6 Å². The largest absolute Gasteiger partial charge is 0.436 e. The van der Waals surface area contributed by atoms with Gasteiger partial charge in [-0.1, -0.05) is 60.7 Å². The number of nitrogens with two attached hydrogens (primary N) is 1. The molecule has 0 fully saturated rings. The molecular formula is C24H18F4N4O3S. The first kappa shape index (κ1) is 25.2. The molecule has 0 radical (unpaired) electrons. The van der Waals surface area contributed by atoms with Crippen molar-refractivity contribution in [3.63, 3.8) is 0 Å². The normalized spacial score (nSPS) is 13.8. The molecule has 3 aromatic carbocycles. The van der Waals surface area contributed by atoms with Crippen LogP contribution in [0.3, 0.4) is 0 Å². The molecule has 186 valence electrons. The maximum Gasteiger partial charge on any atom is 0.436 e. The molecule has 0 aliphatic heterocycles. The number of aromatic nitrogens is 2. The zero-order chi connectivity index (χ0) is 26.1. The van der Waals surface area contributed by atoms with Crippen LogP contribution in [0.4, 0.5) is 23.5 Å². The maximum absolute atomic E-state index is 15.0. The molecule has 1 aromatic heterocycles. The lowest BCUT2D eigenvalue weighted by Gasteiger charge is -2.31. The lowest BCUT2D eigenvalue weighted by molar-refractivity contribution is -0.271. The minimum absolute atomic E-state index is 0.00303. The Bertz CT molecular complexity index is 1500. The number of benzene rings is 3. The zero-order valence-electron chi connectivity index (χ0n) is 18.2. The summed E-state index contributed by atoms with van der Waals surface area (Å²) in [6, 6.07) is 14.6. The van der Waals surface area contributed by atoms with E-state index in [0.29, 0.717) is 5.56 Å². The molecule has 0 amide bonds. The van der Waals surface area contributed by atoms with Crippen LogP contribution in [0.25, 0.3) is 22.3 Å². The molecule has 0 spiro atoms. The van der Waals surface area contributed by atoms with Gasteiger partial charge in [0.05, 0.1) is 4.90 Å². The van der Waals surface area contributed by atoms with E-state index in [-0.39, 0.29) is 22.6 Å². The van der Waals surface area contributed by atoms with E-state index in [1.807, 2.05) is 0 Å². The van der Waals surface area contributed by atoms with Crippen molar-refractivity contribution in [1.29, 1.82) is 0 Å².